The lowest BCUT2D eigenvalue weighted by atomic mass is 9.82. The first-order valence-corrected chi connectivity index (χ1v) is 7.62. The Morgan fingerprint density at radius 1 is 1.35 bits per heavy atom. The van der Waals surface area contributed by atoms with E-state index in [2.05, 4.69) is 21.2 Å². The fourth-order valence-corrected chi connectivity index (χ4v) is 3.28. The molecular weight excluding hydrogens is 322 g/mol. The van der Waals surface area contributed by atoms with Gasteiger partial charge in [-0.2, -0.15) is 0 Å². The lowest BCUT2D eigenvalue weighted by molar-refractivity contribution is -0.125. The zero-order chi connectivity index (χ0) is 14.8. The molecule has 1 aliphatic carbocycles. The second-order valence-corrected chi connectivity index (χ2v) is 6.15. The van der Waals surface area contributed by atoms with Crippen LogP contribution in [0, 0.1) is 5.41 Å². The Labute approximate surface area is 126 Å². The van der Waals surface area contributed by atoms with E-state index in [0.717, 1.165) is 32.1 Å². The van der Waals surface area contributed by atoms with Gasteiger partial charge in [0.25, 0.3) is 0 Å². The molecule has 108 valence electrons. The molecule has 1 saturated carbocycles. The van der Waals surface area contributed by atoms with Crippen LogP contribution in [-0.2, 0) is 4.79 Å². The predicted molar refractivity (Wildman–Crippen MR) is 80.9 cm³/mol. The Hall–Kier alpha value is -1.36. The van der Waals surface area contributed by atoms with Crippen LogP contribution < -0.4 is 5.32 Å². The summed E-state index contributed by atoms with van der Waals surface area (Å²) in [7, 11) is 0. The fourth-order valence-electron chi connectivity index (χ4n) is 2.80. The van der Waals surface area contributed by atoms with Gasteiger partial charge in [-0.1, -0.05) is 19.8 Å². The molecule has 4 nitrogen and oxygen atoms in total. The van der Waals surface area contributed by atoms with Gasteiger partial charge in [-0.25, -0.2) is 4.79 Å². The normalized spacial score (nSPS) is 16.9. The molecule has 0 unspecified atom stereocenters. The van der Waals surface area contributed by atoms with Crippen molar-refractivity contribution in [3.05, 3.63) is 28.2 Å². The van der Waals surface area contributed by atoms with Crippen LogP contribution >= 0.6 is 15.9 Å². The van der Waals surface area contributed by atoms with Crippen molar-refractivity contribution in [2.75, 3.05) is 5.32 Å². The maximum Gasteiger partial charge on any atom is 0.335 e. The predicted octanol–water partition coefficient (Wildman–Crippen LogP) is 4.06. The number of amides is 1. The standard InChI is InChI=1S/C15H18BrNO3/c1-2-15(7-3-4-8-15)14(20)17-12-6-5-10(13(18)19)9-11(12)16/h5-6,9H,2-4,7-8H2,1H3,(H,17,20)(H,18,19). The van der Waals surface area contributed by atoms with Crippen molar-refractivity contribution in [1.82, 2.24) is 0 Å². The number of aromatic carboxylic acids is 1. The van der Waals surface area contributed by atoms with Gasteiger partial charge in [0, 0.05) is 9.89 Å². The number of carboxylic acid groups (broad SMARTS) is 1. The Bertz CT molecular complexity index is 536. The number of hydrogen-bond donors (Lipinski definition) is 2. The first kappa shape index (κ1) is 15.0. The summed E-state index contributed by atoms with van der Waals surface area (Å²) in [5.41, 5.74) is 0.561. The van der Waals surface area contributed by atoms with Crippen molar-refractivity contribution >= 4 is 33.5 Å². The average Bonchev–Trinajstić information content (AvgIpc) is 2.90. The molecule has 5 heteroatoms. The van der Waals surface area contributed by atoms with E-state index in [-0.39, 0.29) is 16.9 Å². The lowest BCUT2D eigenvalue weighted by Gasteiger charge is -2.26. The smallest absolute Gasteiger partial charge is 0.335 e. The molecule has 0 bridgehead atoms. The third-order valence-electron chi connectivity index (χ3n) is 4.18. The molecule has 1 aromatic rings. The van der Waals surface area contributed by atoms with E-state index < -0.39 is 5.97 Å². The summed E-state index contributed by atoms with van der Waals surface area (Å²) in [6.45, 7) is 2.05. The summed E-state index contributed by atoms with van der Waals surface area (Å²) in [5.74, 6) is -0.939. The Morgan fingerprint density at radius 3 is 2.50 bits per heavy atom. The van der Waals surface area contributed by atoms with Gasteiger partial charge >= 0.3 is 5.97 Å². The monoisotopic (exact) mass is 339 g/mol. The molecular formula is C15H18BrNO3. The van der Waals surface area contributed by atoms with Crippen molar-refractivity contribution < 1.29 is 14.7 Å². The number of benzene rings is 1. The molecule has 0 saturated heterocycles. The summed E-state index contributed by atoms with van der Waals surface area (Å²) in [6.07, 6.45) is 4.89. The van der Waals surface area contributed by atoms with E-state index in [9.17, 15) is 9.59 Å². The molecule has 1 aliphatic rings. The molecule has 2 N–H and O–H groups in total. The van der Waals surface area contributed by atoms with Gasteiger partial charge in [-0.3, -0.25) is 4.79 Å². The second kappa shape index (κ2) is 5.95. The van der Waals surface area contributed by atoms with Crippen LogP contribution in [0.4, 0.5) is 5.69 Å². The van der Waals surface area contributed by atoms with Crippen molar-refractivity contribution in [3.63, 3.8) is 0 Å². The van der Waals surface area contributed by atoms with E-state index in [1.807, 2.05) is 6.92 Å². The van der Waals surface area contributed by atoms with E-state index in [1.165, 1.54) is 12.1 Å². The highest BCUT2D eigenvalue weighted by molar-refractivity contribution is 9.10. The molecule has 2 rings (SSSR count). The van der Waals surface area contributed by atoms with Crippen LogP contribution in [0.1, 0.15) is 49.4 Å². The highest BCUT2D eigenvalue weighted by Crippen LogP contribution is 2.42. The van der Waals surface area contributed by atoms with Gasteiger partial charge in [0.1, 0.15) is 0 Å². The Balaban J connectivity index is 2.17. The molecule has 0 atom stereocenters. The van der Waals surface area contributed by atoms with Gasteiger partial charge in [0.15, 0.2) is 0 Å². The maximum atomic E-state index is 12.5. The molecule has 0 radical (unpaired) electrons. The zero-order valence-electron chi connectivity index (χ0n) is 11.4. The first-order chi connectivity index (χ1) is 9.48. The Morgan fingerprint density at radius 2 is 2.00 bits per heavy atom. The van der Waals surface area contributed by atoms with E-state index in [0.29, 0.717) is 10.2 Å². The number of rotatable bonds is 4. The molecule has 0 heterocycles. The van der Waals surface area contributed by atoms with Gasteiger partial charge in [-0.05, 0) is 53.4 Å². The number of halogens is 1. The highest BCUT2D eigenvalue weighted by atomic mass is 79.9. The van der Waals surface area contributed by atoms with Gasteiger partial charge in [0.2, 0.25) is 5.91 Å². The minimum Gasteiger partial charge on any atom is -0.478 e. The quantitative estimate of drug-likeness (QED) is 0.869. The third kappa shape index (κ3) is 2.87. The largest absolute Gasteiger partial charge is 0.478 e. The second-order valence-electron chi connectivity index (χ2n) is 5.29. The highest BCUT2D eigenvalue weighted by Gasteiger charge is 2.39. The minimum absolute atomic E-state index is 0.0428. The summed E-state index contributed by atoms with van der Waals surface area (Å²) >= 11 is 3.31. The van der Waals surface area contributed by atoms with Crippen molar-refractivity contribution in [2.24, 2.45) is 5.41 Å². The van der Waals surface area contributed by atoms with E-state index in [4.69, 9.17) is 5.11 Å². The molecule has 0 aromatic heterocycles. The fraction of sp³-hybridized carbons (Fsp3) is 0.467. The van der Waals surface area contributed by atoms with Gasteiger partial charge < -0.3 is 10.4 Å². The van der Waals surface area contributed by atoms with Crippen LogP contribution in [0.3, 0.4) is 0 Å². The van der Waals surface area contributed by atoms with Crippen LogP contribution in [0.15, 0.2) is 22.7 Å². The molecule has 0 spiro atoms. The van der Waals surface area contributed by atoms with Crippen molar-refractivity contribution in [2.45, 2.75) is 39.0 Å². The lowest BCUT2D eigenvalue weighted by Crippen LogP contribution is -2.33. The summed E-state index contributed by atoms with van der Waals surface area (Å²) < 4.78 is 0.593. The van der Waals surface area contributed by atoms with Crippen molar-refractivity contribution in [1.29, 1.82) is 0 Å². The number of carbonyl (C=O) groups excluding carboxylic acids is 1. The van der Waals surface area contributed by atoms with E-state index >= 15 is 0 Å². The van der Waals surface area contributed by atoms with Crippen LogP contribution in [0.5, 0.6) is 0 Å². The van der Waals surface area contributed by atoms with Gasteiger partial charge in [-0.15, -0.1) is 0 Å². The number of nitrogens with one attached hydrogen (secondary N) is 1. The molecule has 1 amide bonds. The molecule has 0 aliphatic heterocycles. The molecule has 1 aromatic carbocycles. The van der Waals surface area contributed by atoms with Crippen LogP contribution in [0.2, 0.25) is 0 Å². The maximum absolute atomic E-state index is 12.5. The summed E-state index contributed by atoms with van der Waals surface area (Å²) in [5, 5.41) is 11.9. The zero-order valence-corrected chi connectivity index (χ0v) is 13.0. The number of hydrogen-bond acceptors (Lipinski definition) is 2. The molecule has 1 fully saturated rings. The third-order valence-corrected chi connectivity index (χ3v) is 4.84. The van der Waals surface area contributed by atoms with Gasteiger partial charge in [0.05, 0.1) is 11.3 Å². The summed E-state index contributed by atoms with van der Waals surface area (Å²) in [4.78, 5) is 23.4. The number of carboxylic acids is 1. The number of anilines is 1. The summed E-state index contributed by atoms with van der Waals surface area (Å²) in [6, 6.07) is 4.63. The topological polar surface area (TPSA) is 66.4 Å². The first-order valence-electron chi connectivity index (χ1n) is 6.83. The van der Waals surface area contributed by atoms with E-state index in [1.54, 1.807) is 6.07 Å². The Kier molecular flexibility index (Phi) is 4.48. The average molecular weight is 340 g/mol. The number of carbonyl (C=O) groups is 2. The minimum atomic E-state index is -0.982. The van der Waals surface area contributed by atoms with Crippen molar-refractivity contribution in [3.8, 4) is 0 Å². The van der Waals surface area contributed by atoms with Crippen LogP contribution in [0.25, 0.3) is 0 Å². The SMILES string of the molecule is CCC1(C(=O)Nc2ccc(C(=O)O)cc2Br)CCCC1. The molecule has 20 heavy (non-hydrogen) atoms. The van der Waals surface area contributed by atoms with Crippen LogP contribution in [-0.4, -0.2) is 17.0 Å².